The Morgan fingerprint density at radius 2 is 1.67 bits per heavy atom. The third kappa shape index (κ3) is 4.13. The molecule has 4 nitrogen and oxygen atoms in total. The largest absolute Gasteiger partial charge is 0.289 e. The molecule has 1 aliphatic rings. The van der Waals surface area contributed by atoms with Crippen LogP contribution in [0.4, 0.5) is 5.82 Å². The van der Waals surface area contributed by atoms with Gasteiger partial charge in [-0.3, -0.25) is 9.91 Å². The summed E-state index contributed by atoms with van der Waals surface area (Å²) >= 11 is 0. The van der Waals surface area contributed by atoms with Gasteiger partial charge in [-0.1, -0.05) is 51.1 Å². The van der Waals surface area contributed by atoms with Crippen molar-refractivity contribution < 1.29 is 4.98 Å². The molecule has 0 spiro atoms. The first-order valence-electron chi connectivity index (χ1n) is 8.63. The SMILES string of the molecule is CC(C)(C)c1ccc(/C=N/N2CCN(c3cccc[nH+]3)CC2)cc1. The first-order chi connectivity index (χ1) is 11.5. The number of nitrogens with zero attached hydrogens (tertiary/aromatic N) is 3. The summed E-state index contributed by atoms with van der Waals surface area (Å²) in [6, 6.07) is 14.9. The van der Waals surface area contributed by atoms with Crippen LogP contribution in [0.3, 0.4) is 0 Å². The molecule has 0 saturated carbocycles. The Kier molecular flexibility index (Phi) is 4.84. The Labute approximate surface area is 144 Å². The van der Waals surface area contributed by atoms with E-state index < -0.39 is 0 Å². The molecule has 0 aliphatic carbocycles. The Hall–Kier alpha value is -2.36. The highest BCUT2D eigenvalue weighted by Crippen LogP contribution is 2.21. The molecule has 0 radical (unpaired) electrons. The Bertz CT molecular complexity index is 663. The van der Waals surface area contributed by atoms with Crippen molar-refractivity contribution in [3.63, 3.8) is 0 Å². The van der Waals surface area contributed by atoms with E-state index in [0.29, 0.717) is 0 Å². The second-order valence-corrected chi connectivity index (χ2v) is 7.31. The number of nitrogens with one attached hydrogen (secondary N) is 1. The van der Waals surface area contributed by atoms with Crippen molar-refractivity contribution in [2.75, 3.05) is 31.1 Å². The molecule has 0 unspecified atom stereocenters. The van der Waals surface area contributed by atoms with Crippen molar-refractivity contribution in [3.05, 3.63) is 59.8 Å². The van der Waals surface area contributed by atoms with Gasteiger partial charge in [-0.25, -0.2) is 4.98 Å². The lowest BCUT2D eigenvalue weighted by Gasteiger charge is -2.28. The molecule has 1 fully saturated rings. The molecule has 1 aromatic heterocycles. The molecular formula is C20H27N4+. The highest BCUT2D eigenvalue weighted by atomic mass is 15.5. The minimum atomic E-state index is 0.195. The van der Waals surface area contributed by atoms with E-state index in [1.54, 1.807) is 0 Å². The number of H-pyrrole nitrogens is 1. The van der Waals surface area contributed by atoms with Gasteiger partial charge in [-0.15, -0.1) is 0 Å². The fourth-order valence-electron chi connectivity index (χ4n) is 2.85. The molecule has 24 heavy (non-hydrogen) atoms. The van der Waals surface area contributed by atoms with Crippen molar-refractivity contribution in [1.82, 2.24) is 5.01 Å². The lowest BCUT2D eigenvalue weighted by atomic mass is 9.87. The molecule has 126 valence electrons. The predicted octanol–water partition coefficient (Wildman–Crippen LogP) is 2.95. The Morgan fingerprint density at radius 3 is 2.25 bits per heavy atom. The zero-order valence-corrected chi connectivity index (χ0v) is 14.9. The van der Waals surface area contributed by atoms with Crippen molar-refractivity contribution >= 4 is 12.0 Å². The first-order valence-corrected chi connectivity index (χ1v) is 8.63. The average Bonchev–Trinajstić information content (AvgIpc) is 2.61. The van der Waals surface area contributed by atoms with Gasteiger partial charge in [0.1, 0.15) is 13.1 Å². The van der Waals surface area contributed by atoms with Crippen molar-refractivity contribution in [1.29, 1.82) is 0 Å². The van der Waals surface area contributed by atoms with E-state index in [1.165, 1.54) is 11.4 Å². The molecule has 0 amide bonds. The van der Waals surface area contributed by atoms with Gasteiger partial charge >= 0.3 is 0 Å². The molecular weight excluding hydrogens is 296 g/mol. The number of piperazine rings is 1. The number of rotatable bonds is 3. The van der Waals surface area contributed by atoms with E-state index in [4.69, 9.17) is 0 Å². The van der Waals surface area contributed by atoms with Gasteiger partial charge in [-0.2, -0.15) is 5.10 Å². The fraction of sp³-hybridized carbons (Fsp3) is 0.400. The van der Waals surface area contributed by atoms with Gasteiger partial charge in [0.25, 0.3) is 5.82 Å². The number of benzene rings is 1. The summed E-state index contributed by atoms with van der Waals surface area (Å²) in [6.07, 6.45) is 3.94. The predicted molar refractivity (Wildman–Crippen MR) is 99.5 cm³/mol. The van der Waals surface area contributed by atoms with Gasteiger partial charge in [0.05, 0.1) is 25.5 Å². The molecule has 0 bridgehead atoms. The van der Waals surface area contributed by atoms with E-state index >= 15 is 0 Å². The molecule has 2 heterocycles. The number of hydrazone groups is 1. The highest BCUT2D eigenvalue weighted by molar-refractivity contribution is 5.79. The fourth-order valence-corrected chi connectivity index (χ4v) is 2.85. The number of hydrogen-bond donors (Lipinski definition) is 0. The van der Waals surface area contributed by atoms with Crippen LogP contribution in [0.1, 0.15) is 31.9 Å². The molecule has 0 atom stereocenters. The normalized spacial score (nSPS) is 16.0. The topological polar surface area (TPSA) is 33.0 Å². The number of aromatic nitrogens is 1. The smallest absolute Gasteiger partial charge is 0.274 e. The van der Waals surface area contributed by atoms with Crippen LogP contribution >= 0.6 is 0 Å². The van der Waals surface area contributed by atoms with Crippen molar-refractivity contribution in [3.8, 4) is 0 Å². The van der Waals surface area contributed by atoms with Crippen molar-refractivity contribution in [2.24, 2.45) is 5.10 Å². The molecule has 4 heteroatoms. The van der Waals surface area contributed by atoms with Gasteiger partial charge in [0.15, 0.2) is 0 Å². The second kappa shape index (κ2) is 7.04. The quantitative estimate of drug-likeness (QED) is 0.814. The maximum Gasteiger partial charge on any atom is 0.274 e. The standard InChI is InChI=1S/C20H26N4/c1-20(2,3)18-9-7-17(8-10-18)16-22-24-14-12-23(13-15-24)19-6-4-5-11-21-19/h4-11,16H,12-15H2,1-3H3/p+1/b22-16+. The molecule has 1 N–H and O–H groups in total. The van der Waals surface area contributed by atoms with Crippen LogP contribution in [0.15, 0.2) is 53.8 Å². The zero-order chi connectivity index (χ0) is 17.0. The summed E-state index contributed by atoms with van der Waals surface area (Å²) in [7, 11) is 0. The van der Waals surface area contributed by atoms with Gasteiger partial charge in [0, 0.05) is 6.07 Å². The summed E-state index contributed by atoms with van der Waals surface area (Å²) in [5.41, 5.74) is 2.70. The van der Waals surface area contributed by atoms with Gasteiger partial charge in [-0.05, 0) is 22.6 Å². The number of anilines is 1. The number of aromatic amines is 1. The van der Waals surface area contributed by atoms with E-state index in [1.807, 2.05) is 18.5 Å². The summed E-state index contributed by atoms with van der Waals surface area (Å²) in [5.74, 6) is 1.18. The van der Waals surface area contributed by atoms with Gasteiger partial charge in [0.2, 0.25) is 0 Å². The third-order valence-corrected chi connectivity index (χ3v) is 4.44. The molecule has 2 aromatic rings. The van der Waals surface area contributed by atoms with Crippen LogP contribution in [0.2, 0.25) is 0 Å². The van der Waals surface area contributed by atoms with Crippen LogP contribution in [-0.2, 0) is 5.41 Å². The van der Waals surface area contributed by atoms with Crippen LogP contribution in [0.25, 0.3) is 0 Å². The number of pyridine rings is 1. The number of hydrogen-bond acceptors (Lipinski definition) is 3. The lowest BCUT2D eigenvalue weighted by Crippen LogP contribution is -2.45. The maximum atomic E-state index is 4.64. The summed E-state index contributed by atoms with van der Waals surface area (Å²) in [4.78, 5) is 5.66. The molecule has 1 aliphatic heterocycles. The minimum absolute atomic E-state index is 0.195. The van der Waals surface area contributed by atoms with E-state index in [2.05, 4.69) is 77.2 Å². The minimum Gasteiger partial charge on any atom is -0.289 e. The van der Waals surface area contributed by atoms with Crippen molar-refractivity contribution in [2.45, 2.75) is 26.2 Å². The van der Waals surface area contributed by atoms with E-state index in [0.717, 1.165) is 31.7 Å². The molecule has 1 aromatic carbocycles. The highest BCUT2D eigenvalue weighted by Gasteiger charge is 2.21. The average molecular weight is 323 g/mol. The van der Waals surface area contributed by atoms with E-state index in [-0.39, 0.29) is 5.41 Å². The van der Waals surface area contributed by atoms with Gasteiger partial charge < -0.3 is 0 Å². The maximum absolute atomic E-state index is 4.64. The molecule has 3 rings (SSSR count). The van der Waals surface area contributed by atoms with Crippen LogP contribution < -0.4 is 9.88 Å². The summed E-state index contributed by atoms with van der Waals surface area (Å²) in [6.45, 7) is 10.6. The first kappa shape index (κ1) is 16.5. The second-order valence-electron chi connectivity index (χ2n) is 7.31. The Balaban J connectivity index is 1.55. The summed E-state index contributed by atoms with van der Waals surface area (Å²) < 4.78 is 0. The Morgan fingerprint density at radius 1 is 0.958 bits per heavy atom. The van der Waals surface area contributed by atoms with Crippen LogP contribution in [0.5, 0.6) is 0 Å². The molecule has 1 saturated heterocycles. The van der Waals surface area contributed by atoms with E-state index in [9.17, 15) is 0 Å². The zero-order valence-electron chi connectivity index (χ0n) is 14.9. The third-order valence-electron chi connectivity index (χ3n) is 4.44. The summed E-state index contributed by atoms with van der Waals surface area (Å²) in [5, 5.41) is 6.79. The van der Waals surface area contributed by atoms with Crippen LogP contribution in [-0.4, -0.2) is 37.4 Å². The lowest BCUT2D eigenvalue weighted by molar-refractivity contribution is -0.364. The van der Waals surface area contributed by atoms with Crippen LogP contribution in [0, 0.1) is 0 Å². The monoisotopic (exact) mass is 323 g/mol.